The molecule has 0 radical (unpaired) electrons. The predicted octanol–water partition coefficient (Wildman–Crippen LogP) is 0.323. The molecular weight excluding hydrogens is 285 g/mol. The van der Waals surface area contributed by atoms with E-state index in [2.05, 4.69) is 5.32 Å². The van der Waals surface area contributed by atoms with Gasteiger partial charge in [-0.25, -0.2) is 12.8 Å². The number of halogens is 1. The number of nitrogens with zero attached hydrogens (tertiary/aromatic N) is 1. The maximum atomic E-state index is 13.0. The Kier molecular flexibility index (Phi) is 5.46. The standard InChI is InChI=1S/C12H18FN3O3S/c1-16(5-6-20(2,18)19)8-12(17)15-11-7-9(13)3-4-10(11)14/h3-4,7H,5-6,8,14H2,1-2H3,(H,15,17). The monoisotopic (exact) mass is 303 g/mol. The summed E-state index contributed by atoms with van der Waals surface area (Å²) in [6.07, 6.45) is 1.13. The van der Waals surface area contributed by atoms with Gasteiger partial charge in [-0.05, 0) is 25.2 Å². The van der Waals surface area contributed by atoms with Gasteiger partial charge in [0.25, 0.3) is 0 Å². The zero-order valence-corrected chi connectivity index (χ0v) is 12.2. The van der Waals surface area contributed by atoms with E-state index in [1.54, 1.807) is 11.9 Å². The van der Waals surface area contributed by atoms with Crippen molar-refractivity contribution in [3.05, 3.63) is 24.0 Å². The third-order valence-corrected chi connectivity index (χ3v) is 3.47. The van der Waals surface area contributed by atoms with Gasteiger partial charge in [-0.1, -0.05) is 0 Å². The molecule has 0 heterocycles. The Morgan fingerprint density at radius 3 is 2.70 bits per heavy atom. The Labute approximate surface area is 117 Å². The number of rotatable bonds is 6. The number of benzene rings is 1. The minimum atomic E-state index is -3.07. The van der Waals surface area contributed by atoms with Crippen LogP contribution in [0.5, 0.6) is 0 Å². The van der Waals surface area contributed by atoms with Crippen LogP contribution in [0.15, 0.2) is 18.2 Å². The average Bonchev–Trinajstić information content (AvgIpc) is 2.30. The van der Waals surface area contributed by atoms with Crippen LogP contribution in [-0.4, -0.2) is 51.4 Å². The average molecular weight is 303 g/mol. The number of carbonyl (C=O) groups excluding carboxylic acids is 1. The summed E-state index contributed by atoms with van der Waals surface area (Å²) in [4.78, 5) is 13.3. The molecule has 0 spiro atoms. The lowest BCUT2D eigenvalue weighted by Gasteiger charge is -2.16. The van der Waals surface area contributed by atoms with E-state index in [4.69, 9.17) is 5.73 Å². The number of hydrogen-bond acceptors (Lipinski definition) is 5. The molecule has 0 saturated heterocycles. The number of amides is 1. The van der Waals surface area contributed by atoms with E-state index in [1.165, 1.54) is 12.1 Å². The van der Waals surface area contributed by atoms with Gasteiger partial charge in [0.15, 0.2) is 0 Å². The second-order valence-electron chi connectivity index (χ2n) is 4.65. The molecule has 0 aliphatic rings. The smallest absolute Gasteiger partial charge is 0.238 e. The van der Waals surface area contributed by atoms with Crippen molar-refractivity contribution in [2.45, 2.75) is 0 Å². The number of sulfone groups is 1. The second kappa shape index (κ2) is 6.67. The van der Waals surface area contributed by atoms with E-state index in [-0.39, 0.29) is 30.2 Å². The van der Waals surface area contributed by atoms with Crippen LogP contribution in [0, 0.1) is 5.82 Å². The molecule has 0 fully saturated rings. The molecule has 3 N–H and O–H groups in total. The number of hydrogen-bond donors (Lipinski definition) is 2. The molecule has 6 nitrogen and oxygen atoms in total. The predicted molar refractivity (Wildman–Crippen MR) is 76.6 cm³/mol. The van der Waals surface area contributed by atoms with Crippen LogP contribution in [-0.2, 0) is 14.6 Å². The van der Waals surface area contributed by atoms with E-state index in [9.17, 15) is 17.6 Å². The summed E-state index contributed by atoms with van der Waals surface area (Å²) in [5.41, 5.74) is 6.07. The highest BCUT2D eigenvalue weighted by Gasteiger charge is 2.11. The molecule has 0 aromatic heterocycles. The van der Waals surface area contributed by atoms with Crippen molar-refractivity contribution in [1.82, 2.24) is 4.90 Å². The Hall–Kier alpha value is -1.67. The molecule has 0 saturated carbocycles. The van der Waals surface area contributed by atoms with Crippen LogP contribution in [0.1, 0.15) is 0 Å². The molecule has 8 heteroatoms. The second-order valence-corrected chi connectivity index (χ2v) is 6.91. The van der Waals surface area contributed by atoms with Crippen LogP contribution in [0.25, 0.3) is 0 Å². The van der Waals surface area contributed by atoms with Crippen LogP contribution >= 0.6 is 0 Å². The van der Waals surface area contributed by atoms with Gasteiger partial charge in [0.05, 0.1) is 23.7 Å². The number of carbonyl (C=O) groups is 1. The minimum absolute atomic E-state index is 0.00846. The first-order valence-corrected chi connectivity index (χ1v) is 7.94. The zero-order valence-electron chi connectivity index (χ0n) is 11.4. The van der Waals surface area contributed by atoms with Gasteiger partial charge in [-0.15, -0.1) is 0 Å². The maximum Gasteiger partial charge on any atom is 0.238 e. The normalized spacial score (nSPS) is 11.6. The Bertz CT molecular complexity index is 590. The molecule has 0 atom stereocenters. The van der Waals surface area contributed by atoms with E-state index < -0.39 is 21.6 Å². The lowest BCUT2D eigenvalue weighted by Crippen LogP contribution is -2.33. The quantitative estimate of drug-likeness (QED) is 0.739. The summed E-state index contributed by atoms with van der Waals surface area (Å²) in [6, 6.07) is 3.69. The number of nitrogen functional groups attached to an aromatic ring is 1. The van der Waals surface area contributed by atoms with Crippen LogP contribution in [0.3, 0.4) is 0 Å². The molecule has 20 heavy (non-hydrogen) atoms. The number of nitrogens with one attached hydrogen (secondary N) is 1. The maximum absolute atomic E-state index is 13.0. The van der Waals surface area contributed by atoms with Crippen molar-refractivity contribution >= 4 is 27.1 Å². The first-order chi connectivity index (χ1) is 9.17. The van der Waals surface area contributed by atoms with Crippen molar-refractivity contribution < 1.29 is 17.6 Å². The summed E-state index contributed by atoms with van der Waals surface area (Å²) in [5, 5.41) is 2.48. The molecular formula is C12H18FN3O3S. The fourth-order valence-electron chi connectivity index (χ4n) is 1.47. The summed E-state index contributed by atoms with van der Waals surface area (Å²) in [6.45, 7) is 0.232. The molecule has 0 unspecified atom stereocenters. The molecule has 0 bridgehead atoms. The zero-order chi connectivity index (χ0) is 15.3. The van der Waals surface area contributed by atoms with Gasteiger partial charge in [0.1, 0.15) is 15.7 Å². The Morgan fingerprint density at radius 1 is 1.45 bits per heavy atom. The molecule has 0 aliphatic carbocycles. The summed E-state index contributed by atoms with van der Waals surface area (Å²) >= 11 is 0. The van der Waals surface area contributed by atoms with Gasteiger partial charge in [0, 0.05) is 12.8 Å². The summed E-state index contributed by atoms with van der Waals surface area (Å²) in [7, 11) is -1.44. The number of nitrogens with two attached hydrogens (primary N) is 1. The molecule has 1 amide bonds. The number of likely N-dealkylation sites (N-methyl/N-ethyl adjacent to an activating group) is 1. The van der Waals surface area contributed by atoms with Gasteiger partial charge in [-0.3, -0.25) is 9.69 Å². The van der Waals surface area contributed by atoms with Gasteiger partial charge in [-0.2, -0.15) is 0 Å². The van der Waals surface area contributed by atoms with Gasteiger partial charge < -0.3 is 11.1 Å². The first-order valence-electron chi connectivity index (χ1n) is 5.88. The third kappa shape index (κ3) is 5.98. The number of anilines is 2. The minimum Gasteiger partial charge on any atom is -0.397 e. The molecule has 112 valence electrons. The van der Waals surface area contributed by atoms with Crippen molar-refractivity contribution in [3.8, 4) is 0 Å². The first kappa shape index (κ1) is 16.4. The van der Waals surface area contributed by atoms with E-state index in [0.717, 1.165) is 12.3 Å². The highest BCUT2D eigenvalue weighted by Crippen LogP contribution is 2.18. The molecule has 0 aliphatic heterocycles. The van der Waals surface area contributed by atoms with Gasteiger partial charge in [0.2, 0.25) is 5.91 Å². The summed E-state index contributed by atoms with van der Waals surface area (Å²) in [5.74, 6) is -0.919. The molecule has 1 aromatic carbocycles. The van der Waals surface area contributed by atoms with Crippen molar-refractivity contribution in [2.24, 2.45) is 0 Å². The van der Waals surface area contributed by atoms with E-state index in [1.807, 2.05) is 0 Å². The summed E-state index contributed by atoms with van der Waals surface area (Å²) < 4.78 is 35.0. The fourth-order valence-corrected chi connectivity index (χ4v) is 2.12. The molecule has 1 rings (SSSR count). The van der Waals surface area contributed by atoms with Crippen molar-refractivity contribution in [3.63, 3.8) is 0 Å². The van der Waals surface area contributed by atoms with E-state index in [0.29, 0.717) is 0 Å². The molecule has 1 aromatic rings. The van der Waals surface area contributed by atoms with Crippen molar-refractivity contribution in [2.75, 3.05) is 43.2 Å². The fraction of sp³-hybridized carbons (Fsp3) is 0.417. The third-order valence-electron chi connectivity index (χ3n) is 2.55. The Balaban J connectivity index is 2.53. The van der Waals surface area contributed by atoms with Crippen LogP contribution in [0.2, 0.25) is 0 Å². The van der Waals surface area contributed by atoms with Gasteiger partial charge >= 0.3 is 0 Å². The SMILES string of the molecule is CN(CCS(C)(=O)=O)CC(=O)Nc1cc(F)ccc1N. The topological polar surface area (TPSA) is 92.5 Å². The van der Waals surface area contributed by atoms with Crippen LogP contribution < -0.4 is 11.1 Å². The highest BCUT2D eigenvalue weighted by molar-refractivity contribution is 7.90. The lowest BCUT2D eigenvalue weighted by atomic mass is 10.2. The Morgan fingerprint density at radius 2 is 2.10 bits per heavy atom. The largest absolute Gasteiger partial charge is 0.397 e. The van der Waals surface area contributed by atoms with Crippen molar-refractivity contribution in [1.29, 1.82) is 0 Å². The lowest BCUT2D eigenvalue weighted by molar-refractivity contribution is -0.117. The van der Waals surface area contributed by atoms with Crippen LogP contribution in [0.4, 0.5) is 15.8 Å². The van der Waals surface area contributed by atoms with E-state index >= 15 is 0 Å². The highest BCUT2D eigenvalue weighted by atomic mass is 32.2.